The van der Waals surface area contributed by atoms with E-state index in [4.69, 9.17) is 0 Å². The molecule has 0 heteroatoms. The molecule has 3 aliphatic carbocycles. The zero-order valence-electron chi connectivity index (χ0n) is 7.66. The molecule has 3 aliphatic rings. The van der Waals surface area contributed by atoms with E-state index in [1.807, 2.05) is 0 Å². The van der Waals surface area contributed by atoms with Gasteiger partial charge in [0.25, 0.3) is 0 Å². The molecule has 0 aromatic rings. The first kappa shape index (κ1) is 6.94. The fourth-order valence-electron chi connectivity index (χ4n) is 3.43. The molecule has 1 fully saturated rings. The Balaban J connectivity index is 2.04. The highest BCUT2D eigenvalue weighted by molar-refractivity contribution is 5.25. The Bertz CT molecular complexity index is 261. The summed E-state index contributed by atoms with van der Waals surface area (Å²) in [7, 11) is 0. The van der Waals surface area contributed by atoms with Gasteiger partial charge in [-0.15, -0.1) is 0 Å². The predicted octanol–water partition coefficient (Wildman–Crippen LogP) is 3.16. The summed E-state index contributed by atoms with van der Waals surface area (Å²) >= 11 is 0. The molecule has 1 saturated carbocycles. The molecule has 0 amide bonds. The minimum atomic E-state index is 0.528. The second-order valence-electron chi connectivity index (χ2n) is 4.94. The van der Waals surface area contributed by atoms with Gasteiger partial charge in [0.2, 0.25) is 0 Å². The molecule has 0 nitrogen and oxygen atoms in total. The smallest absolute Gasteiger partial charge is 0.00752 e. The maximum atomic E-state index is 2.49. The first-order valence-electron chi connectivity index (χ1n) is 5.16. The molecule has 0 aliphatic heterocycles. The summed E-state index contributed by atoms with van der Waals surface area (Å²) in [5, 5.41) is 0. The minimum Gasteiger partial charge on any atom is -0.0880 e. The van der Waals surface area contributed by atoms with Gasteiger partial charge in [-0.1, -0.05) is 31.2 Å². The van der Waals surface area contributed by atoms with E-state index in [2.05, 4.69) is 31.2 Å². The zero-order chi connectivity index (χ0) is 8.18. The van der Waals surface area contributed by atoms with Crippen LogP contribution >= 0.6 is 0 Å². The van der Waals surface area contributed by atoms with E-state index in [-0.39, 0.29) is 0 Å². The molecule has 3 rings (SSSR count). The predicted molar refractivity (Wildman–Crippen MR) is 50.7 cm³/mol. The highest BCUT2D eigenvalue weighted by Crippen LogP contribution is 2.58. The molecule has 12 heavy (non-hydrogen) atoms. The van der Waals surface area contributed by atoms with E-state index in [1.54, 1.807) is 0 Å². The maximum absolute atomic E-state index is 2.49. The topological polar surface area (TPSA) is 0 Å². The van der Waals surface area contributed by atoms with Crippen molar-refractivity contribution in [3.63, 3.8) is 0 Å². The van der Waals surface area contributed by atoms with Gasteiger partial charge in [-0.05, 0) is 42.4 Å². The van der Waals surface area contributed by atoms with E-state index in [0.717, 1.165) is 17.8 Å². The third kappa shape index (κ3) is 0.688. The van der Waals surface area contributed by atoms with Crippen LogP contribution in [-0.4, -0.2) is 0 Å². The summed E-state index contributed by atoms with van der Waals surface area (Å²) in [4.78, 5) is 0. The first-order valence-corrected chi connectivity index (χ1v) is 5.16. The lowest BCUT2D eigenvalue weighted by Gasteiger charge is -2.34. The highest BCUT2D eigenvalue weighted by atomic mass is 14.5. The Morgan fingerprint density at radius 1 is 1.33 bits per heavy atom. The Morgan fingerprint density at radius 2 is 2.25 bits per heavy atom. The van der Waals surface area contributed by atoms with Crippen LogP contribution < -0.4 is 0 Å². The van der Waals surface area contributed by atoms with E-state index in [1.165, 1.54) is 19.3 Å². The van der Waals surface area contributed by atoms with Crippen LogP contribution in [0.5, 0.6) is 0 Å². The van der Waals surface area contributed by atoms with Gasteiger partial charge in [0.1, 0.15) is 0 Å². The van der Waals surface area contributed by atoms with Crippen LogP contribution in [0.25, 0.3) is 0 Å². The van der Waals surface area contributed by atoms with Crippen LogP contribution in [0.2, 0.25) is 0 Å². The number of fused-ring (bicyclic) bond motifs is 5. The van der Waals surface area contributed by atoms with Crippen molar-refractivity contribution >= 4 is 0 Å². The normalized spacial score (nSPS) is 54.6. The molecule has 4 atom stereocenters. The van der Waals surface area contributed by atoms with Crippen LogP contribution in [0.1, 0.15) is 26.2 Å². The summed E-state index contributed by atoms with van der Waals surface area (Å²) in [6.45, 7) is 2.44. The van der Waals surface area contributed by atoms with Crippen molar-refractivity contribution in [2.45, 2.75) is 26.2 Å². The lowest BCUT2D eigenvalue weighted by atomic mass is 9.70. The number of hydrogen-bond donors (Lipinski definition) is 0. The molecular formula is C12H16. The summed E-state index contributed by atoms with van der Waals surface area (Å²) < 4.78 is 0. The molecule has 0 radical (unpaired) electrons. The van der Waals surface area contributed by atoms with Gasteiger partial charge in [0.15, 0.2) is 0 Å². The Morgan fingerprint density at radius 3 is 3.00 bits per heavy atom. The zero-order valence-corrected chi connectivity index (χ0v) is 7.66. The van der Waals surface area contributed by atoms with Crippen molar-refractivity contribution in [1.29, 1.82) is 0 Å². The molecule has 0 heterocycles. The van der Waals surface area contributed by atoms with Crippen molar-refractivity contribution < 1.29 is 0 Å². The number of allylic oxidation sites excluding steroid dienone is 4. The number of rotatable bonds is 0. The monoisotopic (exact) mass is 160 g/mol. The molecule has 4 unspecified atom stereocenters. The van der Waals surface area contributed by atoms with Crippen LogP contribution in [0, 0.1) is 23.2 Å². The Kier molecular flexibility index (Phi) is 1.18. The van der Waals surface area contributed by atoms with Gasteiger partial charge in [-0.2, -0.15) is 0 Å². The molecule has 0 aromatic heterocycles. The molecule has 0 N–H and O–H groups in total. The van der Waals surface area contributed by atoms with Crippen molar-refractivity contribution in [3.8, 4) is 0 Å². The van der Waals surface area contributed by atoms with Crippen LogP contribution in [0.4, 0.5) is 0 Å². The van der Waals surface area contributed by atoms with Gasteiger partial charge >= 0.3 is 0 Å². The average Bonchev–Trinajstić information content (AvgIpc) is 2.13. The van der Waals surface area contributed by atoms with Crippen LogP contribution in [0.15, 0.2) is 24.3 Å². The fourth-order valence-corrected chi connectivity index (χ4v) is 3.43. The third-order valence-corrected chi connectivity index (χ3v) is 4.17. The van der Waals surface area contributed by atoms with Crippen molar-refractivity contribution in [1.82, 2.24) is 0 Å². The Hall–Kier alpha value is -0.520. The molecule has 64 valence electrons. The van der Waals surface area contributed by atoms with Crippen molar-refractivity contribution in [2.24, 2.45) is 23.2 Å². The van der Waals surface area contributed by atoms with Gasteiger partial charge in [0, 0.05) is 0 Å². The fraction of sp³-hybridized carbons (Fsp3) is 0.667. The van der Waals surface area contributed by atoms with Crippen molar-refractivity contribution in [3.05, 3.63) is 24.3 Å². The van der Waals surface area contributed by atoms with Gasteiger partial charge < -0.3 is 0 Å². The molecule has 0 saturated heterocycles. The quantitative estimate of drug-likeness (QED) is 0.477. The van der Waals surface area contributed by atoms with Gasteiger partial charge in [0.05, 0.1) is 0 Å². The second kappa shape index (κ2) is 2.04. The molecule has 2 bridgehead atoms. The third-order valence-electron chi connectivity index (χ3n) is 4.17. The summed E-state index contributed by atoms with van der Waals surface area (Å²) in [6.07, 6.45) is 13.9. The summed E-state index contributed by atoms with van der Waals surface area (Å²) in [5.74, 6) is 2.83. The van der Waals surface area contributed by atoms with E-state index in [0.29, 0.717) is 5.41 Å². The van der Waals surface area contributed by atoms with Crippen molar-refractivity contribution in [2.75, 3.05) is 0 Å². The second-order valence-corrected chi connectivity index (χ2v) is 4.94. The molecular weight excluding hydrogens is 144 g/mol. The van der Waals surface area contributed by atoms with Gasteiger partial charge in [-0.25, -0.2) is 0 Å². The standard InChI is InChI=1S/C12H16/c1-12-7-3-2-4-9(8-12)10-5-6-11(10)12/h3,5-7,9-11H,2,4,8H2,1H3. The highest BCUT2D eigenvalue weighted by Gasteiger charge is 2.50. The minimum absolute atomic E-state index is 0.528. The lowest BCUT2D eigenvalue weighted by molar-refractivity contribution is 0.305. The first-order chi connectivity index (χ1) is 5.80. The van der Waals surface area contributed by atoms with Crippen LogP contribution in [-0.2, 0) is 0 Å². The largest absolute Gasteiger partial charge is 0.0880 e. The number of hydrogen-bond acceptors (Lipinski definition) is 0. The Labute approximate surface area is 74.4 Å². The SMILES string of the molecule is CC12C=CCCC(C1)C1C=CC12. The maximum Gasteiger partial charge on any atom is -0.00752 e. The molecule has 0 spiro atoms. The lowest BCUT2D eigenvalue weighted by Crippen LogP contribution is -2.27. The average molecular weight is 160 g/mol. The summed E-state index contributed by atoms with van der Waals surface area (Å²) in [6, 6.07) is 0. The van der Waals surface area contributed by atoms with E-state index < -0.39 is 0 Å². The summed E-state index contributed by atoms with van der Waals surface area (Å²) in [5.41, 5.74) is 0.528. The van der Waals surface area contributed by atoms with E-state index in [9.17, 15) is 0 Å². The van der Waals surface area contributed by atoms with Gasteiger partial charge in [-0.3, -0.25) is 0 Å². The molecule has 0 aromatic carbocycles. The van der Waals surface area contributed by atoms with E-state index >= 15 is 0 Å². The van der Waals surface area contributed by atoms with Crippen LogP contribution in [0.3, 0.4) is 0 Å².